The lowest BCUT2D eigenvalue weighted by Crippen LogP contribution is -2.23. The largest absolute Gasteiger partial charge is 0.495 e. The van der Waals surface area contributed by atoms with Crippen molar-refractivity contribution >= 4 is 35.0 Å². The monoisotopic (exact) mass is 393 g/mol. The fourth-order valence-corrected chi connectivity index (χ4v) is 3.18. The van der Waals surface area contributed by atoms with E-state index in [9.17, 15) is 4.79 Å². The molecule has 0 fully saturated rings. The zero-order valence-corrected chi connectivity index (χ0v) is 15.6. The number of hydrogen-bond acceptors (Lipinski definition) is 7. The molecule has 0 radical (unpaired) electrons. The van der Waals surface area contributed by atoms with Gasteiger partial charge in [-0.2, -0.15) is 0 Å². The zero-order valence-electron chi connectivity index (χ0n) is 14.0. The van der Waals surface area contributed by atoms with Gasteiger partial charge in [0.2, 0.25) is 11.1 Å². The highest BCUT2D eigenvalue weighted by atomic mass is 35.5. The molecule has 1 atom stereocenters. The minimum atomic E-state index is -0.419. The van der Waals surface area contributed by atoms with Crippen molar-refractivity contribution in [2.75, 3.05) is 12.4 Å². The number of furan rings is 1. The fourth-order valence-electron chi connectivity index (χ4n) is 2.13. The van der Waals surface area contributed by atoms with E-state index in [4.69, 9.17) is 20.8 Å². The van der Waals surface area contributed by atoms with Crippen LogP contribution in [0, 0.1) is 0 Å². The number of halogens is 1. The molecule has 0 spiro atoms. The summed E-state index contributed by atoms with van der Waals surface area (Å²) in [4.78, 5) is 12.4. The Morgan fingerprint density at radius 3 is 3.00 bits per heavy atom. The van der Waals surface area contributed by atoms with E-state index < -0.39 is 5.25 Å². The third-order valence-corrected chi connectivity index (χ3v) is 4.82. The molecule has 0 saturated heterocycles. The van der Waals surface area contributed by atoms with Crippen LogP contribution in [-0.2, 0) is 11.3 Å². The normalized spacial score (nSPS) is 12.0. The van der Waals surface area contributed by atoms with Crippen LogP contribution in [0.15, 0.2) is 46.2 Å². The number of aromatic nitrogens is 4. The van der Waals surface area contributed by atoms with E-state index in [0.29, 0.717) is 28.2 Å². The quantitative estimate of drug-likeness (QED) is 0.616. The maximum Gasteiger partial charge on any atom is 0.237 e. The number of rotatable bonds is 7. The number of thioether (sulfide) groups is 1. The molecular formula is C16H16ClN5O3S. The number of ether oxygens (including phenoxy) is 1. The van der Waals surface area contributed by atoms with Crippen molar-refractivity contribution in [1.29, 1.82) is 0 Å². The van der Waals surface area contributed by atoms with Crippen LogP contribution in [0.4, 0.5) is 5.69 Å². The van der Waals surface area contributed by atoms with Crippen LogP contribution in [0.3, 0.4) is 0 Å². The second kappa shape index (κ2) is 8.24. The molecule has 0 aliphatic rings. The first-order valence-corrected chi connectivity index (χ1v) is 8.92. The summed E-state index contributed by atoms with van der Waals surface area (Å²) in [6.07, 6.45) is 1.59. The van der Waals surface area contributed by atoms with E-state index in [2.05, 4.69) is 20.8 Å². The maximum atomic E-state index is 12.4. The summed E-state index contributed by atoms with van der Waals surface area (Å²) in [5, 5.41) is 14.9. The topological polar surface area (TPSA) is 95.1 Å². The van der Waals surface area contributed by atoms with E-state index in [1.807, 2.05) is 6.07 Å². The van der Waals surface area contributed by atoms with Gasteiger partial charge in [-0.05, 0) is 47.7 Å². The minimum Gasteiger partial charge on any atom is -0.495 e. The molecule has 1 aromatic carbocycles. The lowest BCUT2D eigenvalue weighted by molar-refractivity contribution is -0.115. The number of amides is 1. The van der Waals surface area contributed by atoms with Gasteiger partial charge in [0.1, 0.15) is 18.1 Å². The van der Waals surface area contributed by atoms with E-state index in [0.717, 1.165) is 5.76 Å². The number of nitrogens with zero attached hydrogens (tertiary/aromatic N) is 4. The van der Waals surface area contributed by atoms with Crippen molar-refractivity contribution in [1.82, 2.24) is 20.2 Å². The fraction of sp³-hybridized carbons (Fsp3) is 0.250. The molecular weight excluding hydrogens is 378 g/mol. The van der Waals surface area contributed by atoms with Gasteiger partial charge in [-0.1, -0.05) is 23.4 Å². The van der Waals surface area contributed by atoms with E-state index in [1.165, 1.54) is 18.9 Å². The number of carbonyl (C=O) groups excluding carboxylic acids is 1. The summed E-state index contributed by atoms with van der Waals surface area (Å²) >= 11 is 7.33. The van der Waals surface area contributed by atoms with Crippen molar-refractivity contribution < 1.29 is 13.9 Å². The molecule has 8 nitrogen and oxygen atoms in total. The number of nitrogens with one attached hydrogen (secondary N) is 1. The van der Waals surface area contributed by atoms with Gasteiger partial charge in [0.15, 0.2) is 0 Å². The predicted octanol–water partition coefficient (Wildman–Crippen LogP) is 3.10. The Labute approximate surface area is 158 Å². The number of tetrazole rings is 1. The lowest BCUT2D eigenvalue weighted by Gasteiger charge is -2.12. The maximum absolute atomic E-state index is 12.4. The molecule has 0 saturated carbocycles. The highest BCUT2D eigenvalue weighted by Crippen LogP contribution is 2.28. The zero-order chi connectivity index (χ0) is 18.5. The minimum absolute atomic E-state index is 0.191. The van der Waals surface area contributed by atoms with Gasteiger partial charge >= 0.3 is 0 Å². The van der Waals surface area contributed by atoms with E-state index >= 15 is 0 Å². The molecule has 136 valence electrons. The summed E-state index contributed by atoms with van der Waals surface area (Å²) < 4.78 is 12.0. The highest BCUT2D eigenvalue weighted by Gasteiger charge is 2.19. The highest BCUT2D eigenvalue weighted by molar-refractivity contribution is 8.00. The molecule has 3 aromatic rings. The summed E-state index contributed by atoms with van der Waals surface area (Å²) in [6.45, 7) is 2.17. The van der Waals surface area contributed by atoms with Gasteiger partial charge in [0.05, 0.1) is 23.6 Å². The SMILES string of the molecule is COc1ccc(NC(=O)C(C)Sc2nnnn2Cc2ccco2)cc1Cl. The Hall–Kier alpha value is -2.52. The number of anilines is 1. The van der Waals surface area contributed by atoms with Crippen molar-refractivity contribution in [2.45, 2.75) is 23.9 Å². The van der Waals surface area contributed by atoms with Crippen LogP contribution < -0.4 is 10.1 Å². The predicted molar refractivity (Wildman–Crippen MR) is 97.6 cm³/mol. The number of hydrogen-bond donors (Lipinski definition) is 1. The van der Waals surface area contributed by atoms with Crippen molar-refractivity contribution in [3.8, 4) is 5.75 Å². The van der Waals surface area contributed by atoms with Crippen LogP contribution in [0.5, 0.6) is 5.75 Å². The Balaban J connectivity index is 1.63. The smallest absolute Gasteiger partial charge is 0.237 e. The second-order valence-electron chi connectivity index (χ2n) is 5.30. The lowest BCUT2D eigenvalue weighted by atomic mass is 10.3. The van der Waals surface area contributed by atoms with Crippen LogP contribution in [0.25, 0.3) is 0 Å². The summed E-state index contributed by atoms with van der Waals surface area (Å²) in [6, 6.07) is 8.68. The Bertz CT molecular complexity index is 884. The van der Waals surface area contributed by atoms with Gasteiger partial charge in [0.25, 0.3) is 0 Å². The third-order valence-electron chi connectivity index (χ3n) is 3.46. The molecule has 10 heteroatoms. The molecule has 0 aliphatic heterocycles. The van der Waals surface area contributed by atoms with Crippen molar-refractivity contribution in [3.63, 3.8) is 0 Å². The Morgan fingerprint density at radius 2 is 2.31 bits per heavy atom. The molecule has 0 bridgehead atoms. The van der Waals surface area contributed by atoms with Gasteiger partial charge in [0, 0.05) is 5.69 Å². The average Bonchev–Trinajstić information content (AvgIpc) is 3.28. The Kier molecular flexibility index (Phi) is 5.79. The third kappa shape index (κ3) is 4.36. The first kappa shape index (κ1) is 18.3. The molecule has 0 aliphatic carbocycles. The standard InChI is InChI=1S/C16H16ClN5O3S/c1-10(15(23)18-11-5-6-14(24-2)13(17)8-11)26-16-19-20-21-22(16)9-12-4-3-7-25-12/h3-8,10H,9H2,1-2H3,(H,18,23). The molecule has 1 N–H and O–H groups in total. The van der Waals surface area contributed by atoms with Gasteiger partial charge in [-0.3, -0.25) is 4.79 Å². The molecule has 26 heavy (non-hydrogen) atoms. The first-order chi connectivity index (χ1) is 12.6. The van der Waals surface area contributed by atoms with Crippen LogP contribution in [-0.4, -0.2) is 38.5 Å². The molecule has 1 amide bonds. The Morgan fingerprint density at radius 1 is 1.46 bits per heavy atom. The number of methoxy groups -OCH3 is 1. The van der Waals surface area contributed by atoms with Crippen molar-refractivity contribution in [3.05, 3.63) is 47.4 Å². The summed E-state index contributed by atoms with van der Waals surface area (Å²) in [7, 11) is 1.53. The summed E-state index contributed by atoms with van der Waals surface area (Å²) in [5.41, 5.74) is 0.587. The number of carbonyl (C=O) groups is 1. The summed E-state index contributed by atoms with van der Waals surface area (Å²) in [5.74, 6) is 1.08. The van der Waals surface area contributed by atoms with Crippen LogP contribution in [0.1, 0.15) is 12.7 Å². The number of benzene rings is 1. The molecule has 1 unspecified atom stereocenters. The molecule has 2 heterocycles. The van der Waals surface area contributed by atoms with Crippen LogP contribution in [0.2, 0.25) is 5.02 Å². The average molecular weight is 394 g/mol. The van der Waals surface area contributed by atoms with Crippen molar-refractivity contribution in [2.24, 2.45) is 0 Å². The molecule has 2 aromatic heterocycles. The van der Waals surface area contributed by atoms with Gasteiger partial charge in [-0.25, -0.2) is 4.68 Å². The van der Waals surface area contributed by atoms with E-state index in [-0.39, 0.29) is 5.91 Å². The van der Waals surface area contributed by atoms with Crippen LogP contribution >= 0.6 is 23.4 Å². The van der Waals surface area contributed by atoms with Gasteiger partial charge in [-0.15, -0.1) is 5.10 Å². The van der Waals surface area contributed by atoms with Gasteiger partial charge < -0.3 is 14.5 Å². The first-order valence-electron chi connectivity index (χ1n) is 7.66. The van der Waals surface area contributed by atoms with E-state index in [1.54, 1.807) is 42.1 Å². The molecule has 3 rings (SSSR count). The second-order valence-corrected chi connectivity index (χ2v) is 7.01.